The van der Waals surface area contributed by atoms with Crippen molar-refractivity contribution in [2.24, 2.45) is 5.92 Å². The van der Waals surface area contributed by atoms with Crippen LogP contribution < -0.4 is 4.90 Å². The van der Waals surface area contributed by atoms with Crippen molar-refractivity contribution < 1.29 is 9.53 Å². The number of amides is 1. The Labute approximate surface area is 136 Å². The van der Waals surface area contributed by atoms with Gasteiger partial charge in [0.1, 0.15) is 5.82 Å². The summed E-state index contributed by atoms with van der Waals surface area (Å²) in [5, 5.41) is 0.556. The summed E-state index contributed by atoms with van der Waals surface area (Å²) in [4.78, 5) is 21.0. The maximum absolute atomic E-state index is 12.5. The number of halogens is 1. The number of ether oxygens (including phenoxy) is 1. The first-order chi connectivity index (χ1) is 10.6. The summed E-state index contributed by atoms with van der Waals surface area (Å²) in [5.74, 6) is 1.40. The van der Waals surface area contributed by atoms with E-state index in [4.69, 9.17) is 16.3 Å². The highest BCUT2D eigenvalue weighted by Gasteiger charge is 2.30. The lowest BCUT2D eigenvalue weighted by Gasteiger charge is -2.28. The van der Waals surface area contributed by atoms with E-state index in [1.54, 1.807) is 17.2 Å². The highest BCUT2D eigenvalue weighted by Crippen LogP contribution is 2.33. The average molecular weight is 324 g/mol. The molecule has 1 amide bonds. The molecule has 1 aromatic heterocycles. The van der Waals surface area contributed by atoms with Gasteiger partial charge in [0, 0.05) is 31.9 Å². The van der Waals surface area contributed by atoms with Crippen LogP contribution in [0.1, 0.15) is 30.6 Å². The summed E-state index contributed by atoms with van der Waals surface area (Å²) < 4.78 is 5.28. The Morgan fingerprint density at radius 1 is 1.32 bits per heavy atom. The maximum atomic E-state index is 12.5. The fourth-order valence-corrected chi connectivity index (χ4v) is 3.38. The maximum Gasteiger partial charge on any atom is 0.255 e. The van der Waals surface area contributed by atoms with Crippen LogP contribution in [0.4, 0.5) is 5.82 Å². The van der Waals surface area contributed by atoms with Gasteiger partial charge in [-0.15, -0.1) is 0 Å². The lowest BCUT2D eigenvalue weighted by molar-refractivity contribution is 0.0302. The van der Waals surface area contributed by atoms with Crippen LogP contribution in [0.15, 0.2) is 12.3 Å². The SMILES string of the molecule is CC1CCN(c2ncc(C(=O)N3CCOCC3)cc2Cl)C1C. The number of nitrogens with zero attached hydrogens (tertiary/aromatic N) is 3. The Kier molecular flexibility index (Phi) is 4.54. The monoisotopic (exact) mass is 323 g/mol. The largest absolute Gasteiger partial charge is 0.378 e. The molecule has 2 unspecified atom stereocenters. The first kappa shape index (κ1) is 15.6. The third-order valence-electron chi connectivity index (χ3n) is 4.78. The van der Waals surface area contributed by atoms with E-state index in [0.717, 1.165) is 18.8 Å². The Balaban J connectivity index is 1.78. The summed E-state index contributed by atoms with van der Waals surface area (Å²) in [6, 6.07) is 2.17. The van der Waals surface area contributed by atoms with Crippen molar-refractivity contribution in [3.8, 4) is 0 Å². The number of carbonyl (C=O) groups excluding carboxylic acids is 1. The molecule has 6 heteroatoms. The molecule has 2 atom stereocenters. The first-order valence-corrected chi connectivity index (χ1v) is 8.25. The zero-order valence-corrected chi connectivity index (χ0v) is 13.8. The van der Waals surface area contributed by atoms with Crippen LogP contribution in [0.2, 0.25) is 5.02 Å². The molecule has 2 aliphatic heterocycles. The second-order valence-electron chi connectivity index (χ2n) is 6.13. The van der Waals surface area contributed by atoms with Gasteiger partial charge in [-0.05, 0) is 25.3 Å². The molecule has 22 heavy (non-hydrogen) atoms. The summed E-state index contributed by atoms with van der Waals surface area (Å²) >= 11 is 6.41. The number of rotatable bonds is 2. The summed E-state index contributed by atoms with van der Waals surface area (Å²) in [6.07, 6.45) is 2.79. The van der Waals surface area contributed by atoms with Gasteiger partial charge in [0.2, 0.25) is 0 Å². The van der Waals surface area contributed by atoms with E-state index in [1.807, 2.05) is 0 Å². The number of anilines is 1. The number of aromatic nitrogens is 1. The van der Waals surface area contributed by atoms with Crippen LogP contribution in [-0.4, -0.2) is 54.7 Å². The third kappa shape index (κ3) is 2.92. The normalized spacial score (nSPS) is 25.6. The lowest BCUT2D eigenvalue weighted by atomic mass is 10.1. The highest BCUT2D eigenvalue weighted by molar-refractivity contribution is 6.33. The van der Waals surface area contributed by atoms with Crippen molar-refractivity contribution in [3.05, 3.63) is 22.8 Å². The van der Waals surface area contributed by atoms with Gasteiger partial charge in [-0.25, -0.2) is 4.98 Å². The van der Waals surface area contributed by atoms with Gasteiger partial charge in [-0.2, -0.15) is 0 Å². The molecule has 0 aliphatic carbocycles. The van der Waals surface area contributed by atoms with Crippen LogP contribution in [0.3, 0.4) is 0 Å². The van der Waals surface area contributed by atoms with E-state index in [-0.39, 0.29) is 5.91 Å². The smallest absolute Gasteiger partial charge is 0.255 e. The van der Waals surface area contributed by atoms with Gasteiger partial charge in [-0.3, -0.25) is 4.79 Å². The molecule has 0 bridgehead atoms. The van der Waals surface area contributed by atoms with Crippen molar-refractivity contribution in [2.45, 2.75) is 26.3 Å². The third-order valence-corrected chi connectivity index (χ3v) is 5.06. The predicted octanol–water partition coefficient (Wildman–Crippen LogP) is 2.44. The van der Waals surface area contributed by atoms with Gasteiger partial charge < -0.3 is 14.5 Å². The van der Waals surface area contributed by atoms with Crippen molar-refractivity contribution >= 4 is 23.3 Å². The molecule has 0 aromatic carbocycles. The van der Waals surface area contributed by atoms with Crippen LogP contribution >= 0.6 is 11.6 Å². The van der Waals surface area contributed by atoms with E-state index in [9.17, 15) is 4.79 Å². The summed E-state index contributed by atoms with van der Waals surface area (Å²) in [7, 11) is 0. The standard InChI is InChI=1S/C16H22ClN3O2/c1-11-3-4-20(12(11)2)15-14(17)9-13(10-18-15)16(21)19-5-7-22-8-6-19/h9-12H,3-8H2,1-2H3. The summed E-state index contributed by atoms with van der Waals surface area (Å²) in [5.41, 5.74) is 0.551. The minimum absolute atomic E-state index is 0.0212. The molecule has 2 saturated heterocycles. The second kappa shape index (κ2) is 6.42. The molecular formula is C16H22ClN3O2. The quantitative estimate of drug-likeness (QED) is 0.838. The van der Waals surface area contributed by atoms with E-state index >= 15 is 0 Å². The molecule has 2 aliphatic rings. The van der Waals surface area contributed by atoms with E-state index in [0.29, 0.717) is 48.8 Å². The Bertz CT molecular complexity index is 560. The fourth-order valence-electron chi connectivity index (χ4n) is 3.10. The number of carbonyl (C=O) groups is 1. The number of hydrogen-bond donors (Lipinski definition) is 0. The molecule has 0 saturated carbocycles. The summed E-state index contributed by atoms with van der Waals surface area (Å²) in [6.45, 7) is 7.84. The zero-order chi connectivity index (χ0) is 15.7. The number of hydrogen-bond acceptors (Lipinski definition) is 4. The molecule has 3 rings (SSSR count). The second-order valence-corrected chi connectivity index (χ2v) is 6.54. The van der Waals surface area contributed by atoms with Gasteiger partial charge in [0.25, 0.3) is 5.91 Å². The van der Waals surface area contributed by atoms with Crippen LogP contribution in [0.5, 0.6) is 0 Å². The zero-order valence-electron chi connectivity index (χ0n) is 13.1. The minimum atomic E-state index is -0.0212. The van der Waals surface area contributed by atoms with Crippen LogP contribution in [0.25, 0.3) is 0 Å². The molecular weight excluding hydrogens is 302 g/mol. The van der Waals surface area contributed by atoms with Gasteiger partial charge in [-0.1, -0.05) is 18.5 Å². The van der Waals surface area contributed by atoms with Gasteiger partial charge in [0.15, 0.2) is 0 Å². The van der Waals surface area contributed by atoms with Gasteiger partial charge in [0.05, 0.1) is 23.8 Å². The molecule has 3 heterocycles. The first-order valence-electron chi connectivity index (χ1n) is 7.87. The topological polar surface area (TPSA) is 45.7 Å². The fraction of sp³-hybridized carbons (Fsp3) is 0.625. The Morgan fingerprint density at radius 3 is 2.64 bits per heavy atom. The van der Waals surface area contributed by atoms with E-state index < -0.39 is 0 Å². The molecule has 120 valence electrons. The van der Waals surface area contributed by atoms with E-state index in [2.05, 4.69) is 23.7 Å². The Hall–Kier alpha value is -1.33. The van der Waals surface area contributed by atoms with Crippen LogP contribution in [-0.2, 0) is 4.74 Å². The molecule has 2 fully saturated rings. The molecule has 0 N–H and O–H groups in total. The van der Waals surface area contributed by atoms with Crippen molar-refractivity contribution in [2.75, 3.05) is 37.7 Å². The number of morpholine rings is 1. The molecule has 1 aromatic rings. The lowest BCUT2D eigenvalue weighted by Crippen LogP contribution is -2.40. The minimum Gasteiger partial charge on any atom is -0.378 e. The molecule has 0 radical (unpaired) electrons. The number of pyridine rings is 1. The average Bonchev–Trinajstić information content (AvgIpc) is 2.87. The Morgan fingerprint density at radius 2 is 2.05 bits per heavy atom. The molecule has 0 spiro atoms. The predicted molar refractivity (Wildman–Crippen MR) is 86.6 cm³/mol. The molecule has 5 nitrogen and oxygen atoms in total. The van der Waals surface area contributed by atoms with Crippen LogP contribution in [0, 0.1) is 5.92 Å². The van der Waals surface area contributed by atoms with Crippen molar-refractivity contribution in [3.63, 3.8) is 0 Å². The van der Waals surface area contributed by atoms with Crippen molar-refractivity contribution in [1.29, 1.82) is 0 Å². The van der Waals surface area contributed by atoms with E-state index in [1.165, 1.54) is 0 Å². The highest BCUT2D eigenvalue weighted by atomic mass is 35.5. The van der Waals surface area contributed by atoms with Crippen molar-refractivity contribution in [1.82, 2.24) is 9.88 Å². The van der Waals surface area contributed by atoms with Gasteiger partial charge >= 0.3 is 0 Å².